The summed E-state index contributed by atoms with van der Waals surface area (Å²) in [5, 5.41) is 0. The molecule has 1 aliphatic heterocycles. The SMILES string of the molecule is CN(C(=O)c1ccc(S(C)(=O)=O)cc1)[C@H]1CCS(=O)(=O)C1. The molecule has 8 heteroatoms. The van der Waals surface area contributed by atoms with Gasteiger partial charge in [-0.15, -0.1) is 0 Å². The molecule has 1 heterocycles. The largest absolute Gasteiger partial charge is 0.338 e. The van der Waals surface area contributed by atoms with Crippen LogP contribution >= 0.6 is 0 Å². The van der Waals surface area contributed by atoms with Gasteiger partial charge < -0.3 is 4.90 Å². The minimum atomic E-state index is -3.30. The Morgan fingerprint density at radius 1 is 1.24 bits per heavy atom. The van der Waals surface area contributed by atoms with Crippen molar-refractivity contribution in [2.24, 2.45) is 0 Å². The fourth-order valence-corrected chi connectivity index (χ4v) is 4.70. The molecule has 0 aliphatic carbocycles. The summed E-state index contributed by atoms with van der Waals surface area (Å²) in [5.41, 5.74) is 0.342. The van der Waals surface area contributed by atoms with Gasteiger partial charge in [-0.25, -0.2) is 16.8 Å². The quantitative estimate of drug-likeness (QED) is 0.797. The van der Waals surface area contributed by atoms with Crippen molar-refractivity contribution in [2.75, 3.05) is 24.8 Å². The molecule has 1 aliphatic rings. The maximum absolute atomic E-state index is 12.3. The average molecular weight is 331 g/mol. The topological polar surface area (TPSA) is 88.6 Å². The van der Waals surface area contributed by atoms with Crippen LogP contribution in [0.2, 0.25) is 0 Å². The summed E-state index contributed by atoms with van der Waals surface area (Å²) in [7, 11) is -4.79. The van der Waals surface area contributed by atoms with E-state index in [2.05, 4.69) is 0 Å². The molecule has 1 atom stereocenters. The van der Waals surface area contributed by atoms with Crippen LogP contribution in [0.3, 0.4) is 0 Å². The summed E-state index contributed by atoms with van der Waals surface area (Å²) in [5.74, 6) is -0.226. The van der Waals surface area contributed by atoms with Crippen molar-refractivity contribution in [3.63, 3.8) is 0 Å². The van der Waals surface area contributed by atoms with Crippen LogP contribution in [0.4, 0.5) is 0 Å². The van der Waals surface area contributed by atoms with E-state index < -0.39 is 19.7 Å². The van der Waals surface area contributed by atoms with Gasteiger partial charge in [-0.3, -0.25) is 4.79 Å². The molecule has 0 aromatic heterocycles. The molecule has 0 radical (unpaired) electrons. The lowest BCUT2D eigenvalue weighted by molar-refractivity contribution is 0.0747. The van der Waals surface area contributed by atoms with Crippen LogP contribution in [-0.2, 0) is 19.7 Å². The molecule has 0 N–H and O–H groups in total. The molecule has 1 aromatic rings. The summed E-state index contributed by atoms with van der Waals surface area (Å²) in [6.45, 7) is 0. The number of carbonyl (C=O) groups excluding carboxylic acids is 1. The number of hydrogen-bond acceptors (Lipinski definition) is 5. The normalized spacial score (nSPS) is 21.1. The zero-order valence-electron chi connectivity index (χ0n) is 11.8. The van der Waals surface area contributed by atoms with Gasteiger partial charge >= 0.3 is 0 Å². The van der Waals surface area contributed by atoms with E-state index in [1.165, 1.54) is 29.2 Å². The number of hydrogen-bond donors (Lipinski definition) is 0. The maximum Gasteiger partial charge on any atom is 0.253 e. The minimum absolute atomic E-state index is 0.0172. The molecule has 0 spiro atoms. The summed E-state index contributed by atoms with van der Waals surface area (Å²) in [4.78, 5) is 13.8. The fraction of sp³-hybridized carbons (Fsp3) is 0.462. The van der Waals surface area contributed by atoms with Crippen LogP contribution in [0.5, 0.6) is 0 Å². The zero-order valence-corrected chi connectivity index (χ0v) is 13.4. The van der Waals surface area contributed by atoms with Crippen LogP contribution in [0.1, 0.15) is 16.8 Å². The predicted octanol–water partition coefficient (Wildman–Crippen LogP) is 0.349. The van der Waals surface area contributed by atoms with Gasteiger partial charge in [0.25, 0.3) is 5.91 Å². The summed E-state index contributed by atoms with van der Waals surface area (Å²) < 4.78 is 45.6. The van der Waals surface area contributed by atoms with E-state index in [1.807, 2.05) is 0 Å². The first-order valence-electron chi connectivity index (χ1n) is 6.38. The maximum atomic E-state index is 12.3. The molecule has 1 fully saturated rings. The smallest absolute Gasteiger partial charge is 0.253 e. The third kappa shape index (κ3) is 3.62. The lowest BCUT2D eigenvalue weighted by Gasteiger charge is -2.23. The second kappa shape index (κ2) is 5.42. The highest BCUT2D eigenvalue weighted by Crippen LogP contribution is 2.19. The van der Waals surface area contributed by atoms with Gasteiger partial charge in [0.2, 0.25) is 0 Å². The van der Waals surface area contributed by atoms with Crippen molar-refractivity contribution < 1.29 is 21.6 Å². The number of amides is 1. The van der Waals surface area contributed by atoms with Gasteiger partial charge in [-0.1, -0.05) is 0 Å². The Hall–Kier alpha value is -1.41. The van der Waals surface area contributed by atoms with E-state index in [9.17, 15) is 21.6 Å². The Morgan fingerprint density at radius 2 is 1.81 bits per heavy atom. The Morgan fingerprint density at radius 3 is 2.24 bits per heavy atom. The first-order valence-corrected chi connectivity index (χ1v) is 10.1. The molecular formula is C13H17NO5S2. The molecular weight excluding hydrogens is 314 g/mol. The molecule has 0 saturated carbocycles. The van der Waals surface area contributed by atoms with Gasteiger partial charge in [0, 0.05) is 24.9 Å². The van der Waals surface area contributed by atoms with Crippen molar-refractivity contribution >= 4 is 25.6 Å². The van der Waals surface area contributed by atoms with E-state index in [-0.39, 0.29) is 28.4 Å². The van der Waals surface area contributed by atoms with Crippen LogP contribution in [0, 0.1) is 0 Å². The molecule has 1 saturated heterocycles. The minimum Gasteiger partial charge on any atom is -0.338 e. The molecule has 0 bridgehead atoms. The van der Waals surface area contributed by atoms with Crippen molar-refractivity contribution in [3.05, 3.63) is 29.8 Å². The van der Waals surface area contributed by atoms with Gasteiger partial charge in [-0.05, 0) is 30.7 Å². The van der Waals surface area contributed by atoms with Crippen LogP contribution in [0.25, 0.3) is 0 Å². The fourth-order valence-electron chi connectivity index (χ4n) is 2.30. The molecule has 6 nitrogen and oxygen atoms in total. The number of nitrogens with zero attached hydrogens (tertiary/aromatic N) is 1. The van der Waals surface area contributed by atoms with E-state index in [1.54, 1.807) is 7.05 Å². The number of rotatable bonds is 3. The second-order valence-electron chi connectivity index (χ2n) is 5.27. The Balaban J connectivity index is 2.17. The molecule has 1 aromatic carbocycles. The van der Waals surface area contributed by atoms with Crippen LogP contribution in [0.15, 0.2) is 29.2 Å². The molecule has 0 unspecified atom stereocenters. The Kier molecular flexibility index (Phi) is 4.12. The van der Waals surface area contributed by atoms with Crippen LogP contribution in [-0.4, -0.2) is 58.5 Å². The van der Waals surface area contributed by atoms with E-state index in [0.717, 1.165) is 6.26 Å². The highest BCUT2D eigenvalue weighted by atomic mass is 32.2. The molecule has 1 amide bonds. The summed E-state index contributed by atoms with van der Waals surface area (Å²) in [6, 6.07) is 5.32. The van der Waals surface area contributed by atoms with E-state index in [0.29, 0.717) is 12.0 Å². The van der Waals surface area contributed by atoms with Crippen molar-refractivity contribution in [1.82, 2.24) is 4.90 Å². The monoisotopic (exact) mass is 331 g/mol. The molecule has 21 heavy (non-hydrogen) atoms. The van der Waals surface area contributed by atoms with Gasteiger partial charge in [-0.2, -0.15) is 0 Å². The second-order valence-corrected chi connectivity index (χ2v) is 9.51. The first kappa shape index (κ1) is 16.0. The summed E-state index contributed by atoms with van der Waals surface area (Å²) in [6.07, 6.45) is 1.53. The highest BCUT2D eigenvalue weighted by Gasteiger charge is 2.33. The van der Waals surface area contributed by atoms with Gasteiger partial charge in [0.05, 0.1) is 16.4 Å². The molecule has 2 rings (SSSR count). The van der Waals surface area contributed by atoms with E-state index >= 15 is 0 Å². The third-order valence-electron chi connectivity index (χ3n) is 3.61. The number of benzene rings is 1. The number of sulfone groups is 2. The van der Waals surface area contributed by atoms with Crippen molar-refractivity contribution in [2.45, 2.75) is 17.4 Å². The Bertz CT molecular complexity index is 750. The van der Waals surface area contributed by atoms with Gasteiger partial charge in [0.1, 0.15) is 0 Å². The van der Waals surface area contributed by atoms with Gasteiger partial charge in [0.15, 0.2) is 19.7 Å². The number of carbonyl (C=O) groups is 1. The third-order valence-corrected chi connectivity index (χ3v) is 6.48. The predicted molar refractivity (Wildman–Crippen MR) is 78.7 cm³/mol. The van der Waals surface area contributed by atoms with Crippen molar-refractivity contribution in [1.29, 1.82) is 0 Å². The lowest BCUT2D eigenvalue weighted by atomic mass is 10.1. The highest BCUT2D eigenvalue weighted by molar-refractivity contribution is 7.91. The molecule has 116 valence electrons. The Labute approximate surface area is 124 Å². The van der Waals surface area contributed by atoms with Crippen LogP contribution < -0.4 is 0 Å². The lowest BCUT2D eigenvalue weighted by Crippen LogP contribution is -2.37. The summed E-state index contributed by atoms with van der Waals surface area (Å²) >= 11 is 0. The first-order chi connectivity index (χ1) is 9.60. The standard InChI is InChI=1S/C13H17NO5S2/c1-14(11-7-8-21(18,19)9-11)13(15)10-3-5-12(6-4-10)20(2,16)17/h3-6,11H,7-9H2,1-2H3/t11-/m0/s1. The zero-order chi connectivity index (χ0) is 15.8. The van der Waals surface area contributed by atoms with E-state index in [4.69, 9.17) is 0 Å². The average Bonchev–Trinajstić information content (AvgIpc) is 2.76. The van der Waals surface area contributed by atoms with Crippen molar-refractivity contribution in [3.8, 4) is 0 Å².